The Kier molecular flexibility index (Phi) is 4.51. The first-order chi connectivity index (χ1) is 8.90. The van der Waals surface area contributed by atoms with Crippen molar-refractivity contribution in [2.75, 3.05) is 0 Å². The van der Waals surface area contributed by atoms with Gasteiger partial charge in [0, 0.05) is 33.9 Å². The lowest BCUT2D eigenvalue weighted by Crippen LogP contribution is -2.25. The summed E-state index contributed by atoms with van der Waals surface area (Å²) in [6.45, 7) is 1.72. The second kappa shape index (κ2) is 5.80. The number of benzene rings is 1. The van der Waals surface area contributed by atoms with Crippen molar-refractivity contribution < 1.29 is 5.11 Å². The Balaban J connectivity index is 2.35. The molecule has 2 rings (SSSR count). The Morgan fingerprint density at radius 1 is 1.26 bits per heavy atom. The van der Waals surface area contributed by atoms with Crippen molar-refractivity contribution in [1.29, 1.82) is 0 Å². The quantitative estimate of drug-likeness (QED) is 0.867. The van der Waals surface area contributed by atoms with E-state index in [-0.39, 0.29) is 0 Å². The number of aliphatic hydroxyl groups is 1. The van der Waals surface area contributed by atoms with Crippen molar-refractivity contribution in [3.8, 4) is 0 Å². The van der Waals surface area contributed by atoms with E-state index >= 15 is 0 Å². The molecule has 0 spiro atoms. The molecule has 1 heterocycles. The van der Waals surface area contributed by atoms with Gasteiger partial charge in [0.1, 0.15) is 0 Å². The molecule has 0 saturated carbocycles. The largest absolute Gasteiger partial charge is 0.385 e. The predicted octanol–water partition coefficient (Wildman–Crippen LogP) is 4.60. The van der Waals surface area contributed by atoms with E-state index in [9.17, 15) is 5.11 Å². The van der Waals surface area contributed by atoms with E-state index in [0.717, 1.165) is 10.0 Å². The van der Waals surface area contributed by atoms with Gasteiger partial charge in [0.15, 0.2) is 0 Å². The second-order valence-electron chi connectivity index (χ2n) is 4.54. The number of hydrogen-bond acceptors (Lipinski definition) is 2. The van der Waals surface area contributed by atoms with Crippen LogP contribution in [0, 0.1) is 0 Å². The summed E-state index contributed by atoms with van der Waals surface area (Å²) in [7, 11) is 0. The van der Waals surface area contributed by atoms with Crippen LogP contribution in [0.2, 0.25) is 10.0 Å². The Morgan fingerprint density at radius 3 is 2.63 bits per heavy atom. The van der Waals surface area contributed by atoms with E-state index in [1.165, 1.54) is 0 Å². The van der Waals surface area contributed by atoms with E-state index in [4.69, 9.17) is 23.2 Å². The van der Waals surface area contributed by atoms with Crippen LogP contribution in [0.1, 0.15) is 18.1 Å². The number of aromatic nitrogens is 1. The molecule has 100 valence electrons. The van der Waals surface area contributed by atoms with Crippen molar-refractivity contribution in [3.05, 3.63) is 62.3 Å². The van der Waals surface area contributed by atoms with E-state index in [1.54, 1.807) is 31.5 Å². The highest BCUT2D eigenvalue weighted by Gasteiger charge is 2.27. The third-order valence-corrected chi connectivity index (χ3v) is 4.05. The van der Waals surface area contributed by atoms with Crippen LogP contribution in [-0.4, -0.2) is 10.1 Å². The average Bonchev–Trinajstić information content (AvgIpc) is 2.31. The third-order valence-electron chi connectivity index (χ3n) is 2.90. The fourth-order valence-electron chi connectivity index (χ4n) is 1.94. The molecule has 2 aromatic rings. The summed E-state index contributed by atoms with van der Waals surface area (Å²) in [4.78, 5) is 3.93. The minimum Gasteiger partial charge on any atom is -0.385 e. The molecule has 1 unspecified atom stereocenters. The standard InChI is InChI=1S/C14H12BrCl2NO/c1-14(19,7-9-4-5-18-8-13(9)17)11-3-2-10(15)6-12(11)16/h2-6,8,19H,7H2,1H3. The first-order valence-corrected chi connectivity index (χ1v) is 7.21. The van der Waals surface area contributed by atoms with Gasteiger partial charge in [-0.15, -0.1) is 0 Å². The minimum absolute atomic E-state index is 0.371. The molecule has 1 atom stereocenters. The van der Waals surface area contributed by atoms with Crippen LogP contribution < -0.4 is 0 Å². The molecule has 0 fully saturated rings. The van der Waals surface area contributed by atoms with Crippen molar-refractivity contribution in [3.63, 3.8) is 0 Å². The van der Waals surface area contributed by atoms with Crippen molar-refractivity contribution in [1.82, 2.24) is 4.98 Å². The average molecular weight is 361 g/mol. The Bertz CT molecular complexity index is 602. The van der Waals surface area contributed by atoms with Gasteiger partial charge in [0.05, 0.1) is 10.6 Å². The van der Waals surface area contributed by atoms with E-state index in [2.05, 4.69) is 20.9 Å². The van der Waals surface area contributed by atoms with Crippen LogP contribution >= 0.6 is 39.1 Å². The van der Waals surface area contributed by atoms with Gasteiger partial charge < -0.3 is 5.11 Å². The number of pyridine rings is 1. The predicted molar refractivity (Wildman–Crippen MR) is 81.7 cm³/mol. The highest BCUT2D eigenvalue weighted by Crippen LogP contribution is 2.34. The Morgan fingerprint density at radius 2 is 2.00 bits per heavy atom. The second-order valence-corrected chi connectivity index (χ2v) is 6.27. The maximum atomic E-state index is 10.7. The van der Waals surface area contributed by atoms with Crippen LogP contribution in [0.15, 0.2) is 41.1 Å². The molecular formula is C14H12BrCl2NO. The fourth-order valence-corrected chi connectivity index (χ4v) is 3.00. The molecular weight excluding hydrogens is 349 g/mol. The van der Waals surface area contributed by atoms with Gasteiger partial charge in [0.2, 0.25) is 0 Å². The third kappa shape index (κ3) is 3.48. The molecule has 1 aromatic carbocycles. The zero-order valence-electron chi connectivity index (χ0n) is 10.2. The van der Waals surface area contributed by atoms with Gasteiger partial charge in [-0.1, -0.05) is 45.2 Å². The van der Waals surface area contributed by atoms with Gasteiger partial charge in [-0.25, -0.2) is 0 Å². The molecule has 5 heteroatoms. The molecule has 0 radical (unpaired) electrons. The van der Waals surface area contributed by atoms with Crippen molar-refractivity contribution >= 4 is 39.1 Å². The molecule has 0 aliphatic heterocycles. The Labute approximate surface area is 130 Å². The maximum absolute atomic E-state index is 10.7. The summed E-state index contributed by atoms with van der Waals surface area (Å²) in [5.74, 6) is 0. The lowest BCUT2D eigenvalue weighted by atomic mass is 9.89. The van der Waals surface area contributed by atoms with Crippen molar-refractivity contribution in [2.24, 2.45) is 0 Å². The highest BCUT2D eigenvalue weighted by molar-refractivity contribution is 9.10. The van der Waals surface area contributed by atoms with Gasteiger partial charge in [-0.2, -0.15) is 0 Å². The summed E-state index contributed by atoms with van der Waals surface area (Å²) in [5.41, 5.74) is 0.411. The van der Waals surface area contributed by atoms with Crippen LogP contribution in [0.25, 0.3) is 0 Å². The SMILES string of the molecule is CC(O)(Cc1ccncc1Cl)c1ccc(Br)cc1Cl. The molecule has 0 aliphatic carbocycles. The number of rotatable bonds is 3. The van der Waals surface area contributed by atoms with Gasteiger partial charge in [-0.05, 0) is 30.7 Å². The number of hydrogen-bond donors (Lipinski definition) is 1. The first kappa shape index (κ1) is 14.8. The van der Waals surface area contributed by atoms with Gasteiger partial charge in [-0.3, -0.25) is 4.98 Å². The molecule has 0 bridgehead atoms. The lowest BCUT2D eigenvalue weighted by molar-refractivity contribution is 0.0577. The summed E-state index contributed by atoms with van der Waals surface area (Å²) in [6, 6.07) is 7.22. The molecule has 2 nitrogen and oxygen atoms in total. The summed E-state index contributed by atoms with van der Waals surface area (Å²) < 4.78 is 0.874. The summed E-state index contributed by atoms with van der Waals surface area (Å²) >= 11 is 15.6. The first-order valence-electron chi connectivity index (χ1n) is 5.66. The number of nitrogens with zero attached hydrogens (tertiary/aromatic N) is 1. The van der Waals surface area contributed by atoms with Gasteiger partial charge >= 0.3 is 0 Å². The maximum Gasteiger partial charge on any atom is 0.0923 e. The van der Waals surface area contributed by atoms with Crippen molar-refractivity contribution in [2.45, 2.75) is 18.9 Å². The lowest BCUT2D eigenvalue weighted by Gasteiger charge is -2.25. The van der Waals surface area contributed by atoms with E-state index < -0.39 is 5.60 Å². The van der Waals surface area contributed by atoms with Crippen LogP contribution in [0.5, 0.6) is 0 Å². The highest BCUT2D eigenvalue weighted by atomic mass is 79.9. The fraction of sp³-hybridized carbons (Fsp3) is 0.214. The van der Waals surface area contributed by atoms with Crippen LogP contribution in [0.4, 0.5) is 0 Å². The summed E-state index contributed by atoms with van der Waals surface area (Å²) in [6.07, 6.45) is 3.59. The molecule has 19 heavy (non-hydrogen) atoms. The molecule has 0 saturated heterocycles. The smallest absolute Gasteiger partial charge is 0.0923 e. The van der Waals surface area contributed by atoms with E-state index in [0.29, 0.717) is 22.0 Å². The number of halogens is 3. The normalized spacial score (nSPS) is 14.2. The minimum atomic E-state index is -1.09. The zero-order valence-corrected chi connectivity index (χ0v) is 13.3. The molecule has 0 amide bonds. The molecule has 1 aromatic heterocycles. The molecule has 0 aliphatic rings. The van der Waals surface area contributed by atoms with Gasteiger partial charge in [0.25, 0.3) is 0 Å². The molecule has 1 N–H and O–H groups in total. The Hall–Kier alpha value is -0.610. The monoisotopic (exact) mass is 359 g/mol. The topological polar surface area (TPSA) is 33.1 Å². The summed E-state index contributed by atoms with van der Waals surface area (Å²) in [5, 5.41) is 11.7. The van der Waals surface area contributed by atoms with Crippen LogP contribution in [-0.2, 0) is 12.0 Å². The van der Waals surface area contributed by atoms with Crippen LogP contribution in [0.3, 0.4) is 0 Å². The van der Waals surface area contributed by atoms with E-state index in [1.807, 2.05) is 12.1 Å². The zero-order chi connectivity index (χ0) is 14.0.